The molecule has 0 atom stereocenters. The van der Waals surface area contributed by atoms with Gasteiger partial charge in [0.2, 0.25) is 0 Å². The molecule has 1 aromatic heterocycles. The predicted octanol–water partition coefficient (Wildman–Crippen LogP) is 4.11. The molecule has 0 fully saturated rings. The first kappa shape index (κ1) is 18.8. The van der Waals surface area contributed by atoms with Gasteiger partial charge in [0.25, 0.3) is 5.91 Å². The van der Waals surface area contributed by atoms with Gasteiger partial charge in [0.05, 0.1) is 0 Å². The van der Waals surface area contributed by atoms with Gasteiger partial charge >= 0.3 is 0 Å². The zero-order chi connectivity index (χ0) is 19.2. The van der Waals surface area contributed by atoms with E-state index in [1.165, 1.54) is 10.7 Å². The fraction of sp³-hybridized carbons (Fsp3) is 0.238. The summed E-state index contributed by atoms with van der Waals surface area (Å²) in [5, 5.41) is 7.05. The zero-order valence-corrected chi connectivity index (χ0v) is 15.5. The zero-order valence-electron chi connectivity index (χ0n) is 15.5. The molecule has 0 radical (unpaired) electrons. The Kier molecular flexibility index (Phi) is 5.98. The Hall–Kier alpha value is -2.99. The molecule has 0 aliphatic heterocycles. The number of amides is 1. The van der Waals surface area contributed by atoms with Crippen LogP contribution in [0.1, 0.15) is 29.9 Å². The lowest BCUT2D eigenvalue weighted by Crippen LogP contribution is -2.22. The van der Waals surface area contributed by atoms with Crippen molar-refractivity contribution < 1.29 is 9.18 Å². The summed E-state index contributed by atoms with van der Waals surface area (Å²) in [5.41, 5.74) is 2.38. The van der Waals surface area contributed by atoms with Gasteiger partial charge in [-0.15, -0.1) is 0 Å². The van der Waals surface area contributed by atoms with Crippen molar-refractivity contribution in [1.29, 1.82) is 0 Å². The molecule has 1 amide bonds. The monoisotopic (exact) mass is 366 g/mol. The summed E-state index contributed by atoms with van der Waals surface area (Å²) in [5.74, 6) is -0.721. The van der Waals surface area contributed by atoms with Crippen molar-refractivity contribution in [2.75, 3.05) is 18.4 Å². The van der Waals surface area contributed by atoms with Crippen LogP contribution in [0.5, 0.6) is 0 Å². The van der Waals surface area contributed by atoms with Crippen molar-refractivity contribution in [1.82, 2.24) is 14.7 Å². The van der Waals surface area contributed by atoms with Gasteiger partial charge in [0.1, 0.15) is 11.5 Å². The molecule has 0 unspecified atom stereocenters. The number of benzene rings is 2. The number of hydrogen-bond acceptors (Lipinski definition) is 3. The predicted molar refractivity (Wildman–Crippen MR) is 105 cm³/mol. The van der Waals surface area contributed by atoms with E-state index < -0.39 is 5.82 Å². The molecule has 3 rings (SSSR count). The van der Waals surface area contributed by atoms with E-state index in [2.05, 4.69) is 29.2 Å². The second-order valence-electron chi connectivity index (χ2n) is 6.21. The van der Waals surface area contributed by atoms with Crippen molar-refractivity contribution in [3.63, 3.8) is 0 Å². The third-order valence-corrected chi connectivity index (χ3v) is 4.41. The number of hydrogen-bond donors (Lipinski definition) is 1. The van der Waals surface area contributed by atoms with Crippen LogP contribution in [-0.4, -0.2) is 33.7 Å². The number of aromatic nitrogens is 2. The fourth-order valence-corrected chi connectivity index (χ4v) is 2.86. The molecule has 27 heavy (non-hydrogen) atoms. The average Bonchev–Trinajstić information content (AvgIpc) is 3.17. The standard InChI is InChI=1S/C21H23FN4O/c1-3-25(4-2)15-16-8-7-9-17(14-16)23-21(27)19-12-13-26(24-19)20-11-6-5-10-18(20)22/h5-14H,3-4,15H2,1-2H3,(H,23,27). The van der Waals surface area contributed by atoms with Gasteiger partial charge in [0.15, 0.2) is 5.69 Å². The summed E-state index contributed by atoms with van der Waals surface area (Å²) in [7, 11) is 0. The third kappa shape index (κ3) is 4.60. The molecule has 3 aromatic rings. The lowest BCUT2D eigenvalue weighted by atomic mass is 10.2. The van der Waals surface area contributed by atoms with Crippen LogP contribution in [0.25, 0.3) is 5.69 Å². The van der Waals surface area contributed by atoms with E-state index in [9.17, 15) is 9.18 Å². The molecule has 0 bridgehead atoms. The van der Waals surface area contributed by atoms with E-state index >= 15 is 0 Å². The molecule has 0 spiro atoms. The van der Waals surface area contributed by atoms with E-state index in [-0.39, 0.29) is 11.6 Å². The van der Waals surface area contributed by atoms with Crippen LogP contribution in [0.2, 0.25) is 0 Å². The highest BCUT2D eigenvalue weighted by Crippen LogP contribution is 2.15. The van der Waals surface area contributed by atoms with Crippen molar-refractivity contribution in [2.24, 2.45) is 0 Å². The SMILES string of the molecule is CCN(CC)Cc1cccc(NC(=O)c2ccn(-c3ccccc3F)n2)c1. The minimum atomic E-state index is -0.392. The van der Waals surface area contributed by atoms with Gasteiger partial charge in [-0.05, 0) is 49.0 Å². The fourth-order valence-electron chi connectivity index (χ4n) is 2.86. The Morgan fingerprint density at radius 3 is 2.63 bits per heavy atom. The third-order valence-electron chi connectivity index (χ3n) is 4.41. The summed E-state index contributed by atoms with van der Waals surface area (Å²) < 4.78 is 15.2. The summed E-state index contributed by atoms with van der Waals surface area (Å²) in [4.78, 5) is 14.8. The molecule has 6 heteroatoms. The number of carbonyl (C=O) groups is 1. The minimum absolute atomic E-state index is 0.229. The lowest BCUT2D eigenvalue weighted by Gasteiger charge is -2.18. The number of halogens is 1. The van der Waals surface area contributed by atoms with Crippen LogP contribution in [-0.2, 0) is 6.54 Å². The van der Waals surface area contributed by atoms with Gasteiger partial charge in [-0.2, -0.15) is 5.10 Å². The highest BCUT2D eigenvalue weighted by molar-refractivity contribution is 6.02. The molecule has 0 aliphatic rings. The number of nitrogens with zero attached hydrogens (tertiary/aromatic N) is 3. The second kappa shape index (κ2) is 8.60. The number of anilines is 1. The van der Waals surface area contributed by atoms with Gasteiger partial charge in [-0.3, -0.25) is 9.69 Å². The number of rotatable bonds is 7. The highest BCUT2D eigenvalue weighted by Gasteiger charge is 2.12. The molecule has 2 aromatic carbocycles. The van der Waals surface area contributed by atoms with E-state index in [0.29, 0.717) is 11.4 Å². The van der Waals surface area contributed by atoms with E-state index in [0.717, 1.165) is 25.2 Å². The molecule has 0 aliphatic carbocycles. The Labute approximate surface area is 158 Å². The van der Waals surface area contributed by atoms with Crippen LogP contribution in [0.4, 0.5) is 10.1 Å². The number of para-hydroxylation sites is 1. The van der Waals surface area contributed by atoms with Crippen molar-refractivity contribution >= 4 is 11.6 Å². The minimum Gasteiger partial charge on any atom is -0.321 e. The first-order chi connectivity index (χ1) is 13.1. The number of nitrogens with one attached hydrogen (secondary N) is 1. The van der Waals surface area contributed by atoms with Crippen LogP contribution < -0.4 is 5.32 Å². The van der Waals surface area contributed by atoms with Crippen molar-refractivity contribution in [2.45, 2.75) is 20.4 Å². The van der Waals surface area contributed by atoms with Gasteiger partial charge in [0, 0.05) is 18.4 Å². The van der Waals surface area contributed by atoms with Crippen molar-refractivity contribution in [3.8, 4) is 5.69 Å². The maximum Gasteiger partial charge on any atom is 0.276 e. The maximum absolute atomic E-state index is 13.9. The molecule has 140 valence electrons. The summed E-state index contributed by atoms with van der Waals surface area (Å²) in [6.45, 7) is 7.03. The molecular formula is C21H23FN4O. The maximum atomic E-state index is 13.9. The first-order valence-corrected chi connectivity index (χ1v) is 9.04. The molecule has 0 saturated carbocycles. The molecular weight excluding hydrogens is 343 g/mol. The summed E-state index contributed by atoms with van der Waals surface area (Å²) >= 11 is 0. The number of carbonyl (C=O) groups excluding carboxylic acids is 1. The van der Waals surface area contributed by atoms with Crippen LogP contribution in [0.15, 0.2) is 60.8 Å². The summed E-state index contributed by atoms with van der Waals surface area (Å²) in [6, 6.07) is 15.7. The topological polar surface area (TPSA) is 50.2 Å². The Morgan fingerprint density at radius 1 is 1.11 bits per heavy atom. The Bertz CT molecular complexity index is 918. The van der Waals surface area contributed by atoms with Gasteiger partial charge < -0.3 is 5.32 Å². The molecule has 1 heterocycles. The molecule has 0 saturated heterocycles. The Morgan fingerprint density at radius 2 is 1.89 bits per heavy atom. The van der Waals surface area contributed by atoms with E-state index in [1.54, 1.807) is 30.5 Å². The first-order valence-electron chi connectivity index (χ1n) is 9.04. The van der Waals surface area contributed by atoms with Crippen LogP contribution in [0.3, 0.4) is 0 Å². The summed E-state index contributed by atoms with van der Waals surface area (Å²) in [6.07, 6.45) is 1.57. The lowest BCUT2D eigenvalue weighted by molar-refractivity contribution is 0.102. The van der Waals surface area contributed by atoms with E-state index in [1.807, 2.05) is 24.3 Å². The normalized spacial score (nSPS) is 11.0. The largest absolute Gasteiger partial charge is 0.321 e. The Balaban J connectivity index is 1.72. The smallest absolute Gasteiger partial charge is 0.276 e. The average molecular weight is 366 g/mol. The van der Waals surface area contributed by atoms with Gasteiger partial charge in [-0.25, -0.2) is 9.07 Å². The molecule has 1 N–H and O–H groups in total. The van der Waals surface area contributed by atoms with E-state index in [4.69, 9.17) is 0 Å². The van der Waals surface area contributed by atoms with Crippen molar-refractivity contribution in [3.05, 3.63) is 77.9 Å². The second-order valence-corrected chi connectivity index (χ2v) is 6.21. The van der Waals surface area contributed by atoms with Gasteiger partial charge in [-0.1, -0.05) is 38.1 Å². The highest BCUT2D eigenvalue weighted by atomic mass is 19.1. The van der Waals surface area contributed by atoms with Crippen LogP contribution >= 0.6 is 0 Å². The quantitative estimate of drug-likeness (QED) is 0.685. The molecule has 5 nitrogen and oxygen atoms in total. The van der Waals surface area contributed by atoms with Crippen LogP contribution in [0, 0.1) is 5.82 Å².